The van der Waals surface area contributed by atoms with Gasteiger partial charge in [-0.1, -0.05) is 25.6 Å². The molecule has 0 unspecified atom stereocenters. The smallest absolute Gasteiger partial charge is 0.157 e. The standard InChI is InChI=1S/C18H26N4S2/c1-12(2)23-15-11-21-16-14(15)7-6-13(22-16)10-18(3,4)24-17-19-8-5-9-20-17/h6-7,11-12H,5,8-10H2,1-4H3,(H,19,20)(H,21,22). The van der Waals surface area contributed by atoms with Gasteiger partial charge in [-0.2, -0.15) is 0 Å². The van der Waals surface area contributed by atoms with Crippen LogP contribution in [-0.4, -0.2) is 38.2 Å². The monoisotopic (exact) mass is 362 g/mol. The predicted molar refractivity (Wildman–Crippen MR) is 107 cm³/mol. The van der Waals surface area contributed by atoms with Gasteiger partial charge in [-0.05, 0) is 32.4 Å². The topological polar surface area (TPSA) is 53.1 Å². The largest absolute Gasteiger partial charge is 0.365 e. The molecule has 2 aromatic heterocycles. The van der Waals surface area contributed by atoms with Crippen molar-refractivity contribution in [1.82, 2.24) is 15.3 Å². The second-order valence-electron chi connectivity index (χ2n) is 7.02. The number of aliphatic imine (C=N–C) groups is 1. The van der Waals surface area contributed by atoms with Gasteiger partial charge in [-0.3, -0.25) is 4.99 Å². The van der Waals surface area contributed by atoms with E-state index in [1.54, 1.807) is 0 Å². The fourth-order valence-corrected chi connectivity index (χ4v) is 4.78. The number of pyridine rings is 1. The molecule has 0 atom stereocenters. The van der Waals surface area contributed by atoms with E-state index in [-0.39, 0.29) is 4.75 Å². The molecule has 3 heterocycles. The molecule has 130 valence electrons. The van der Waals surface area contributed by atoms with Crippen LogP contribution in [0.25, 0.3) is 11.0 Å². The first-order chi connectivity index (χ1) is 11.4. The third-order valence-electron chi connectivity index (χ3n) is 3.77. The van der Waals surface area contributed by atoms with Crippen LogP contribution in [0.2, 0.25) is 0 Å². The summed E-state index contributed by atoms with van der Waals surface area (Å²) in [5.74, 6) is 0. The molecular weight excluding hydrogens is 336 g/mol. The maximum absolute atomic E-state index is 4.84. The van der Waals surface area contributed by atoms with Gasteiger partial charge < -0.3 is 10.3 Å². The minimum Gasteiger partial charge on any atom is -0.365 e. The molecule has 24 heavy (non-hydrogen) atoms. The summed E-state index contributed by atoms with van der Waals surface area (Å²) in [4.78, 5) is 14.0. The Morgan fingerprint density at radius 2 is 2.12 bits per heavy atom. The molecular formula is C18H26N4S2. The number of rotatable bonds is 5. The second-order valence-corrected chi connectivity index (χ2v) is 10.3. The highest BCUT2D eigenvalue weighted by Gasteiger charge is 2.24. The Morgan fingerprint density at radius 3 is 2.83 bits per heavy atom. The van der Waals surface area contributed by atoms with Gasteiger partial charge in [0.1, 0.15) is 5.65 Å². The van der Waals surface area contributed by atoms with E-state index in [9.17, 15) is 0 Å². The zero-order chi connectivity index (χ0) is 17.2. The van der Waals surface area contributed by atoms with Crippen molar-refractivity contribution in [1.29, 1.82) is 0 Å². The maximum Gasteiger partial charge on any atom is 0.157 e. The Morgan fingerprint density at radius 1 is 1.29 bits per heavy atom. The summed E-state index contributed by atoms with van der Waals surface area (Å²) >= 11 is 3.70. The zero-order valence-corrected chi connectivity index (χ0v) is 16.5. The molecule has 2 N–H and O–H groups in total. The number of hydrogen-bond acceptors (Lipinski definition) is 5. The van der Waals surface area contributed by atoms with Crippen molar-refractivity contribution in [2.45, 2.75) is 55.4 Å². The molecule has 0 fully saturated rings. The fraction of sp³-hybridized carbons (Fsp3) is 0.556. The van der Waals surface area contributed by atoms with Crippen molar-refractivity contribution in [3.8, 4) is 0 Å². The number of nitrogens with one attached hydrogen (secondary N) is 2. The van der Waals surface area contributed by atoms with E-state index in [0.29, 0.717) is 5.25 Å². The minimum atomic E-state index is 0.0615. The maximum atomic E-state index is 4.84. The number of H-pyrrole nitrogens is 1. The SMILES string of the molecule is CC(C)Sc1c[nH]c2nc(CC(C)(C)SC3=NCCCN3)ccc12. The first-order valence-corrected chi connectivity index (χ1v) is 10.2. The van der Waals surface area contributed by atoms with Crippen LogP contribution in [0.3, 0.4) is 0 Å². The van der Waals surface area contributed by atoms with E-state index in [0.717, 1.165) is 42.4 Å². The predicted octanol–water partition coefficient (Wildman–Crippen LogP) is 4.47. The number of nitrogens with zero attached hydrogens (tertiary/aromatic N) is 2. The number of amidine groups is 1. The molecule has 6 heteroatoms. The lowest BCUT2D eigenvalue weighted by Gasteiger charge is -2.26. The highest BCUT2D eigenvalue weighted by Crippen LogP contribution is 2.32. The van der Waals surface area contributed by atoms with Gasteiger partial charge >= 0.3 is 0 Å². The van der Waals surface area contributed by atoms with E-state index < -0.39 is 0 Å². The average molecular weight is 363 g/mol. The van der Waals surface area contributed by atoms with Gasteiger partial charge in [0.25, 0.3) is 0 Å². The van der Waals surface area contributed by atoms with Crippen molar-refractivity contribution in [2.24, 2.45) is 4.99 Å². The summed E-state index contributed by atoms with van der Waals surface area (Å²) in [5, 5.41) is 6.26. The molecule has 0 bridgehead atoms. The molecule has 2 aromatic rings. The van der Waals surface area contributed by atoms with Crippen molar-refractivity contribution < 1.29 is 0 Å². The van der Waals surface area contributed by atoms with Crippen LogP contribution in [0, 0.1) is 0 Å². The third kappa shape index (κ3) is 4.48. The van der Waals surface area contributed by atoms with Gasteiger partial charge in [0.15, 0.2) is 5.17 Å². The van der Waals surface area contributed by atoms with E-state index in [2.05, 4.69) is 61.3 Å². The number of thioether (sulfide) groups is 2. The van der Waals surface area contributed by atoms with Crippen molar-refractivity contribution in [3.63, 3.8) is 0 Å². The lowest BCUT2D eigenvalue weighted by molar-refractivity contribution is 0.695. The molecule has 1 aliphatic rings. The lowest BCUT2D eigenvalue weighted by Crippen LogP contribution is -2.32. The van der Waals surface area contributed by atoms with E-state index in [4.69, 9.17) is 4.98 Å². The van der Waals surface area contributed by atoms with Crippen LogP contribution >= 0.6 is 23.5 Å². The van der Waals surface area contributed by atoms with Gasteiger partial charge in [0, 0.05) is 51.7 Å². The number of aromatic amines is 1. The zero-order valence-electron chi connectivity index (χ0n) is 14.8. The Kier molecular flexibility index (Phi) is 5.45. The first kappa shape index (κ1) is 17.7. The van der Waals surface area contributed by atoms with Crippen LogP contribution in [0.5, 0.6) is 0 Å². The van der Waals surface area contributed by atoms with Crippen LogP contribution in [-0.2, 0) is 6.42 Å². The average Bonchev–Trinajstić information content (AvgIpc) is 2.89. The summed E-state index contributed by atoms with van der Waals surface area (Å²) in [6.07, 6.45) is 4.12. The molecule has 1 aliphatic heterocycles. The summed E-state index contributed by atoms with van der Waals surface area (Å²) in [6, 6.07) is 4.37. The quantitative estimate of drug-likeness (QED) is 0.771. The minimum absolute atomic E-state index is 0.0615. The Hall–Kier alpha value is -1.14. The lowest BCUT2D eigenvalue weighted by atomic mass is 10.1. The van der Waals surface area contributed by atoms with Crippen LogP contribution in [0.15, 0.2) is 28.2 Å². The summed E-state index contributed by atoms with van der Waals surface area (Å²) in [7, 11) is 0. The molecule has 0 amide bonds. The molecule has 0 saturated carbocycles. The van der Waals surface area contributed by atoms with Crippen LogP contribution in [0.1, 0.15) is 39.8 Å². The highest BCUT2D eigenvalue weighted by atomic mass is 32.2. The molecule has 0 aliphatic carbocycles. The molecule has 3 rings (SSSR count). The number of fused-ring (bicyclic) bond motifs is 1. The molecule has 0 spiro atoms. The third-order valence-corrected chi connectivity index (χ3v) is 5.99. The van der Waals surface area contributed by atoms with Gasteiger partial charge in [0.05, 0.1) is 0 Å². The summed E-state index contributed by atoms with van der Waals surface area (Å²) in [5.41, 5.74) is 2.11. The number of hydrogen-bond donors (Lipinski definition) is 2. The first-order valence-electron chi connectivity index (χ1n) is 8.54. The highest BCUT2D eigenvalue weighted by molar-refractivity contribution is 8.14. The van der Waals surface area contributed by atoms with Gasteiger partial charge in [-0.25, -0.2) is 4.98 Å². The van der Waals surface area contributed by atoms with E-state index in [1.165, 1.54) is 10.3 Å². The fourth-order valence-electron chi connectivity index (χ4n) is 2.78. The Balaban J connectivity index is 1.73. The van der Waals surface area contributed by atoms with Gasteiger partial charge in [-0.15, -0.1) is 11.8 Å². The van der Waals surface area contributed by atoms with Crippen molar-refractivity contribution in [3.05, 3.63) is 24.0 Å². The Bertz CT molecular complexity index is 734. The molecule has 0 aromatic carbocycles. The molecule has 4 nitrogen and oxygen atoms in total. The normalized spacial score (nSPS) is 15.6. The molecule has 0 radical (unpaired) electrons. The van der Waals surface area contributed by atoms with Crippen LogP contribution in [0.4, 0.5) is 0 Å². The van der Waals surface area contributed by atoms with Gasteiger partial charge in [0.2, 0.25) is 0 Å². The van der Waals surface area contributed by atoms with Crippen molar-refractivity contribution >= 4 is 39.7 Å². The van der Waals surface area contributed by atoms with Crippen molar-refractivity contribution in [2.75, 3.05) is 13.1 Å². The summed E-state index contributed by atoms with van der Waals surface area (Å²) in [6.45, 7) is 10.9. The number of aromatic nitrogens is 2. The Labute approximate surface area is 152 Å². The van der Waals surface area contributed by atoms with E-state index in [1.807, 2.05) is 23.5 Å². The molecule has 0 saturated heterocycles. The summed E-state index contributed by atoms with van der Waals surface area (Å²) < 4.78 is 0.0615. The second kappa shape index (κ2) is 7.40. The van der Waals surface area contributed by atoms with E-state index >= 15 is 0 Å². The van der Waals surface area contributed by atoms with Crippen LogP contribution < -0.4 is 5.32 Å².